The van der Waals surface area contributed by atoms with Gasteiger partial charge in [0.05, 0.1) is 17.2 Å². The molecule has 0 aliphatic rings. The van der Waals surface area contributed by atoms with E-state index in [-0.39, 0.29) is 28.0 Å². The highest BCUT2D eigenvalue weighted by molar-refractivity contribution is 6.36. The molecule has 144 valence electrons. The molecule has 1 aromatic carbocycles. The number of halogens is 2. The van der Waals surface area contributed by atoms with E-state index in [9.17, 15) is 14.4 Å². The van der Waals surface area contributed by atoms with Gasteiger partial charge in [0, 0.05) is 5.02 Å². The molecule has 0 bridgehead atoms. The lowest BCUT2D eigenvalue weighted by Crippen LogP contribution is -2.38. The van der Waals surface area contributed by atoms with Crippen molar-refractivity contribution >= 4 is 41.4 Å². The first-order valence-corrected chi connectivity index (χ1v) is 9.33. The molecule has 0 heterocycles. The van der Waals surface area contributed by atoms with E-state index in [2.05, 4.69) is 6.92 Å². The van der Waals surface area contributed by atoms with E-state index in [0.29, 0.717) is 6.29 Å². The fourth-order valence-electron chi connectivity index (χ4n) is 2.13. The lowest BCUT2D eigenvalue weighted by atomic mass is 9.94. The van der Waals surface area contributed by atoms with Gasteiger partial charge >= 0.3 is 11.9 Å². The summed E-state index contributed by atoms with van der Waals surface area (Å²) in [4.78, 5) is 35.8. The first kappa shape index (κ1) is 22.5. The largest absolute Gasteiger partial charge is 0.465 e. The molecule has 0 amide bonds. The zero-order chi connectivity index (χ0) is 19.7. The quantitative estimate of drug-likeness (QED) is 0.175. The Morgan fingerprint density at radius 1 is 1.08 bits per heavy atom. The molecule has 0 unspecified atom stereocenters. The predicted octanol–water partition coefficient (Wildman–Crippen LogP) is 5.25. The average Bonchev–Trinajstić information content (AvgIpc) is 2.59. The van der Waals surface area contributed by atoms with Crippen molar-refractivity contribution in [2.24, 2.45) is 5.41 Å². The van der Waals surface area contributed by atoms with E-state index in [0.717, 1.165) is 32.1 Å². The number of benzene rings is 1. The Morgan fingerprint density at radius 2 is 1.73 bits per heavy atom. The van der Waals surface area contributed by atoms with Crippen molar-refractivity contribution in [1.82, 2.24) is 0 Å². The first-order chi connectivity index (χ1) is 12.2. The number of rotatable bonds is 10. The smallest absolute Gasteiger partial charge is 0.328 e. The van der Waals surface area contributed by atoms with Crippen molar-refractivity contribution in [3.05, 3.63) is 27.7 Å². The van der Waals surface area contributed by atoms with Crippen LogP contribution >= 0.6 is 23.2 Å². The Morgan fingerprint density at radius 3 is 2.35 bits per heavy atom. The molecule has 26 heavy (non-hydrogen) atoms. The highest BCUT2D eigenvalue weighted by Crippen LogP contribution is 2.33. The molecule has 0 fully saturated rings. The number of unbranched alkanes of at least 4 members (excludes halogenated alkanes) is 4. The van der Waals surface area contributed by atoms with Crippen LogP contribution in [0.4, 0.5) is 0 Å². The maximum atomic E-state index is 12.4. The Hall–Kier alpha value is -1.59. The molecule has 7 heteroatoms. The highest BCUT2D eigenvalue weighted by Gasteiger charge is 2.40. The topological polar surface area (TPSA) is 69.7 Å². The summed E-state index contributed by atoms with van der Waals surface area (Å²) in [6, 6.07) is 2.67. The SMILES string of the molecule is CCCCCCCOC(=O)C(C)(C)C(=O)Oc1c(Cl)cc(Cl)cc1C=O. The van der Waals surface area contributed by atoms with Gasteiger partial charge in [-0.05, 0) is 32.4 Å². The number of hydrogen-bond acceptors (Lipinski definition) is 5. The molecule has 0 spiro atoms. The molecule has 5 nitrogen and oxygen atoms in total. The minimum Gasteiger partial charge on any atom is -0.465 e. The van der Waals surface area contributed by atoms with Crippen LogP contribution in [0.3, 0.4) is 0 Å². The number of aldehydes is 1. The summed E-state index contributed by atoms with van der Waals surface area (Å²) in [5.41, 5.74) is -1.51. The van der Waals surface area contributed by atoms with Crippen LogP contribution in [-0.2, 0) is 14.3 Å². The van der Waals surface area contributed by atoms with Crippen molar-refractivity contribution in [3.63, 3.8) is 0 Å². The van der Waals surface area contributed by atoms with Gasteiger partial charge in [0.1, 0.15) is 0 Å². The zero-order valence-electron chi connectivity index (χ0n) is 15.3. The number of esters is 2. The Balaban J connectivity index is 2.70. The van der Waals surface area contributed by atoms with E-state index < -0.39 is 17.4 Å². The van der Waals surface area contributed by atoms with Gasteiger partial charge in [0.25, 0.3) is 0 Å². The van der Waals surface area contributed by atoms with Crippen LogP contribution in [0.5, 0.6) is 5.75 Å². The van der Waals surface area contributed by atoms with Gasteiger partial charge in [-0.25, -0.2) is 0 Å². The van der Waals surface area contributed by atoms with Crippen molar-refractivity contribution < 1.29 is 23.9 Å². The lowest BCUT2D eigenvalue weighted by Gasteiger charge is -2.21. The summed E-state index contributed by atoms with van der Waals surface area (Å²) in [5, 5.41) is 0.242. The maximum Gasteiger partial charge on any atom is 0.328 e. The third kappa shape index (κ3) is 6.29. The Labute approximate surface area is 163 Å². The van der Waals surface area contributed by atoms with Gasteiger partial charge in [-0.3, -0.25) is 14.4 Å². The fraction of sp³-hybridized carbons (Fsp3) is 0.526. The van der Waals surface area contributed by atoms with E-state index in [1.54, 1.807) is 0 Å². The van der Waals surface area contributed by atoms with Crippen LogP contribution in [0.15, 0.2) is 12.1 Å². The number of ether oxygens (including phenoxy) is 2. The summed E-state index contributed by atoms with van der Waals surface area (Å²) >= 11 is 11.8. The van der Waals surface area contributed by atoms with E-state index in [1.807, 2.05) is 0 Å². The summed E-state index contributed by atoms with van der Waals surface area (Å²) < 4.78 is 10.4. The Kier molecular flexibility index (Phi) is 9.09. The minimum atomic E-state index is -1.54. The monoisotopic (exact) mass is 402 g/mol. The van der Waals surface area contributed by atoms with Crippen LogP contribution in [-0.4, -0.2) is 24.8 Å². The maximum absolute atomic E-state index is 12.4. The lowest BCUT2D eigenvalue weighted by molar-refractivity contribution is -0.164. The third-order valence-electron chi connectivity index (χ3n) is 3.86. The second-order valence-electron chi connectivity index (χ2n) is 6.49. The Bertz CT molecular complexity index is 656. The van der Waals surface area contributed by atoms with Crippen molar-refractivity contribution in [3.8, 4) is 5.75 Å². The van der Waals surface area contributed by atoms with Gasteiger partial charge in [0.2, 0.25) is 0 Å². The van der Waals surface area contributed by atoms with E-state index in [1.165, 1.54) is 26.0 Å². The highest BCUT2D eigenvalue weighted by atomic mass is 35.5. The van der Waals surface area contributed by atoms with Gasteiger partial charge in [-0.1, -0.05) is 55.8 Å². The van der Waals surface area contributed by atoms with Crippen LogP contribution in [0.2, 0.25) is 10.0 Å². The van der Waals surface area contributed by atoms with Gasteiger partial charge < -0.3 is 9.47 Å². The fourth-order valence-corrected chi connectivity index (χ4v) is 2.68. The number of hydrogen-bond donors (Lipinski definition) is 0. The zero-order valence-corrected chi connectivity index (χ0v) is 16.8. The number of carbonyl (C=O) groups is 3. The van der Waals surface area contributed by atoms with Crippen LogP contribution in [0, 0.1) is 5.41 Å². The molecular formula is C19H24Cl2O5. The summed E-state index contributed by atoms with van der Waals surface area (Å²) in [5.74, 6) is -1.67. The molecule has 0 radical (unpaired) electrons. The average molecular weight is 403 g/mol. The van der Waals surface area contributed by atoms with Crippen LogP contribution < -0.4 is 4.74 Å². The van der Waals surface area contributed by atoms with Gasteiger partial charge in [-0.15, -0.1) is 0 Å². The first-order valence-electron chi connectivity index (χ1n) is 8.57. The molecule has 1 rings (SSSR count). The van der Waals surface area contributed by atoms with Crippen molar-refractivity contribution in [2.45, 2.75) is 52.9 Å². The van der Waals surface area contributed by atoms with E-state index in [4.69, 9.17) is 32.7 Å². The molecule has 0 aromatic heterocycles. The van der Waals surface area contributed by atoms with Crippen LogP contribution in [0.25, 0.3) is 0 Å². The molecule has 0 atom stereocenters. The van der Waals surface area contributed by atoms with E-state index >= 15 is 0 Å². The molecular weight excluding hydrogens is 379 g/mol. The van der Waals surface area contributed by atoms with Gasteiger partial charge in [0.15, 0.2) is 17.5 Å². The predicted molar refractivity (Wildman–Crippen MR) is 101 cm³/mol. The summed E-state index contributed by atoms with van der Waals surface area (Å²) in [6.45, 7) is 5.18. The van der Waals surface area contributed by atoms with Crippen molar-refractivity contribution in [2.75, 3.05) is 6.61 Å². The van der Waals surface area contributed by atoms with Crippen molar-refractivity contribution in [1.29, 1.82) is 0 Å². The summed E-state index contributed by atoms with van der Waals surface area (Å²) in [6.07, 6.45) is 5.55. The number of carbonyl (C=O) groups excluding carboxylic acids is 3. The van der Waals surface area contributed by atoms with Crippen LogP contribution in [0.1, 0.15) is 63.2 Å². The second-order valence-corrected chi connectivity index (χ2v) is 7.33. The molecule has 1 aromatic rings. The third-order valence-corrected chi connectivity index (χ3v) is 4.36. The normalized spacial score (nSPS) is 11.1. The molecule has 0 aliphatic carbocycles. The molecule has 0 aliphatic heterocycles. The summed E-state index contributed by atoms with van der Waals surface area (Å²) in [7, 11) is 0. The molecule has 0 N–H and O–H groups in total. The van der Waals surface area contributed by atoms with Gasteiger partial charge in [-0.2, -0.15) is 0 Å². The molecule has 0 saturated heterocycles. The standard InChI is InChI=1S/C19H24Cl2O5/c1-4-5-6-7-8-9-25-17(23)19(2,3)18(24)26-16-13(12-22)10-14(20)11-15(16)21/h10-12H,4-9H2,1-3H3. The molecule has 0 saturated carbocycles. The second kappa shape index (κ2) is 10.5. The minimum absolute atomic E-state index is 0.00745.